The minimum absolute atomic E-state index is 0.0693. The lowest BCUT2D eigenvalue weighted by Crippen LogP contribution is -2.53. The van der Waals surface area contributed by atoms with Gasteiger partial charge in [0.2, 0.25) is 0 Å². The van der Waals surface area contributed by atoms with E-state index in [2.05, 4.69) is 22.2 Å². The molecule has 1 aromatic heterocycles. The van der Waals surface area contributed by atoms with Crippen molar-refractivity contribution in [2.24, 2.45) is 5.92 Å². The normalized spacial score (nSPS) is 28.0. The molecule has 2 rings (SSSR count). The maximum atomic E-state index is 12.0. The number of imidazole rings is 1. The number of hydrogen-bond acceptors (Lipinski definition) is 3. The monoisotopic (exact) mass is 253 g/mol. The summed E-state index contributed by atoms with van der Waals surface area (Å²) in [5.41, 5.74) is -0.750. The lowest BCUT2D eigenvalue weighted by Gasteiger charge is -2.38. The summed E-state index contributed by atoms with van der Waals surface area (Å²) in [4.78, 5) is 27.7. The fraction of sp³-hybridized carbons (Fsp3) is 0.667. The molecule has 0 aliphatic heterocycles. The first-order valence-corrected chi connectivity index (χ1v) is 6.26. The number of amides is 1. The highest BCUT2D eigenvalue weighted by atomic mass is 16.3. The summed E-state index contributed by atoms with van der Waals surface area (Å²) in [5, 5.41) is 12.4. The first-order chi connectivity index (χ1) is 8.54. The van der Waals surface area contributed by atoms with Crippen LogP contribution in [0, 0.1) is 5.92 Å². The van der Waals surface area contributed by atoms with E-state index < -0.39 is 11.2 Å². The van der Waals surface area contributed by atoms with E-state index in [0.717, 1.165) is 25.7 Å². The van der Waals surface area contributed by atoms with E-state index in [0.29, 0.717) is 5.92 Å². The van der Waals surface area contributed by atoms with Crippen LogP contribution in [0.4, 0.5) is 0 Å². The first-order valence-electron chi connectivity index (χ1n) is 6.26. The van der Waals surface area contributed by atoms with Crippen molar-refractivity contribution in [1.82, 2.24) is 15.3 Å². The van der Waals surface area contributed by atoms with Crippen molar-refractivity contribution in [2.75, 3.05) is 6.61 Å². The molecule has 1 aromatic rings. The van der Waals surface area contributed by atoms with Gasteiger partial charge in [-0.2, -0.15) is 0 Å². The number of rotatable bonds is 3. The number of carbonyl (C=O) groups excluding carboxylic acids is 1. The van der Waals surface area contributed by atoms with Crippen LogP contribution in [0.5, 0.6) is 0 Å². The largest absolute Gasteiger partial charge is 0.394 e. The number of hydrogen-bond donors (Lipinski definition) is 4. The van der Waals surface area contributed by atoms with Crippen LogP contribution in [0.2, 0.25) is 0 Å². The maximum Gasteiger partial charge on any atom is 0.323 e. The Hall–Kier alpha value is -1.56. The highest BCUT2D eigenvalue weighted by Gasteiger charge is 2.35. The van der Waals surface area contributed by atoms with Crippen molar-refractivity contribution in [2.45, 2.75) is 38.1 Å². The lowest BCUT2D eigenvalue weighted by molar-refractivity contribution is 0.0713. The zero-order valence-electron chi connectivity index (χ0n) is 10.5. The van der Waals surface area contributed by atoms with Crippen molar-refractivity contribution < 1.29 is 9.90 Å². The molecule has 1 aliphatic rings. The van der Waals surface area contributed by atoms with Crippen LogP contribution in [0.3, 0.4) is 0 Å². The van der Waals surface area contributed by atoms with Crippen molar-refractivity contribution in [1.29, 1.82) is 0 Å². The van der Waals surface area contributed by atoms with Gasteiger partial charge < -0.3 is 20.4 Å². The molecule has 0 bridgehead atoms. The highest BCUT2D eigenvalue weighted by molar-refractivity contribution is 5.92. The zero-order valence-corrected chi connectivity index (χ0v) is 10.5. The van der Waals surface area contributed by atoms with Gasteiger partial charge in [0.05, 0.1) is 12.1 Å². The van der Waals surface area contributed by atoms with Gasteiger partial charge in [-0.3, -0.25) is 4.79 Å². The van der Waals surface area contributed by atoms with Crippen LogP contribution < -0.4 is 11.0 Å². The first kappa shape index (κ1) is 12.9. The summed E-state index contributed by atoms with van der Waals surface area (Å²) < 4.78 is 0. The Morgan fingerprint density at radius 2 is 2.22 bits per heavy atom. The molecule has 1 fully saturated rings. The zero-order chi connectivity index (χ0) is 13.2. The predicted octanol–water partition coefficient (Wildman–Crippen LogP) is 0.374. The van der Waals surface area contributed by atoms with Gasteiger partial charge in [0, 0.05) is 6.20 Å². The van der Waals surface area contributed by atoms with Gasteiger partial charge in [-0.25, -0.2) is 4.79 Å². The van der Waals surface area contributed by atoms with E-state index in [9.17, 15) is 14.7 Å². The lowest BCUT2D eigenvalue weighted by atomic mass is 9.77. The van der Waals surface area contributed by atoms with E-state index in [1.165, 1.54) is 6.20 Å². The molecule has 1 saturated carbocycles. The summed E-state index contributed by atoms with van der Waals surface area (Å²) in [5.74, 6) is 0.283. The van der Waals surface area contributed by atoms with E-state index in [4.69, 9.17) is 0 Å². The Morgan fingerprint density at radius 3 is 2.72 bits per heavy atom. The molecule has 1 heterocycles. The van der Waals surface area contributed by atoms with Crippen molar-refractivity contribution in [3.05, 3.63) is 22.4 Å². The van der Waals surface area contributed by atoms with Gasteiger partial charge in [0.15, 0.2) is 0 Å². The quantitative estimate of drug-likeness (QED) is 0.626. The molecule has 100 valence electrons. The maximum absolute atomic E-state index is 12.0. The van der Waals surface area contributed by atoms with Crippen molar-refractivity contribution in [3.8, 4) is 0 Å². The van der Waals surface area contributed by atoms with Crippen LogP contribution >= 0.6 is 0 Å². The Bertz CT molecular complexity index is 469. The standard InChI is InChI=1S/C12H19N3O3/c1-8-2-4-12(7-16,5-3-8)15-10(17)9-6-13-11(18)14-9/h6,8,16H,2-5,7H2,1H3,(H,15,17)(H2,13,14,18). The van der Waals surface area contributed by atoms with Crippen molar-refractivity contribution in [3.63, 3.8) is 0 Å². The minimum atomic E-state index is -0.544. The van der Waals surface area contributed by atoms with E-state index >= 15 is 0 Å². The predicted molar refractivity (Wildman–Crippen MR) is 66.3 cm³/mol. The minimum Gasteiger partial charge on any atom is -0.394 e. The summed E-state index contributed by atoms with van der Waals surface area (Å²) in [6.45, 7) is 2.10. The van der Waals surface area contributed by atoms with E-state index in [1.807, 2.05) is 0 Å². The number of aliphatic hydroxyl groups excluding tert-OH is 1. The van der Waals surface area contributed by atoms with Gasteiger partial charge in [-0.15, -0.1) is 0 Å². The Labute approximate surface area is 105 Å². The second-order valence-corrected chi connectivity index (χ2v) is 5.23. The van der Waals surface area contributed by atoms with Gasteiger partial charge in [-0.05, 0) is 31.6 Å². The molecular formula is C12H19N3O3. The third-order valence-electron chi connectivity index (χ3n) is 3.75. The van der Waals surface area contributed by atoms with Crippen LogP contribution in [0.25, 0.3) is 0 Å². The molecule has 4 N–H and O–H groups in total. The van der Waals surface area contributed by atoms with Gasteiger partial charge >= 0.3 is 5.69 Å². The summed E-state index contributed by atoms with van der Waals surface area (Å²) in [7, 11) is 0. The van der Waals surface area contributed by atoms with Crippen LogP contribution in [0.15, 0.2) is 11.0 Å². The number of carbonyl (C=O) groups is 1. The SMILES string of the molecule is CC1CCC(CO)(NC(=O)c2c[nH]c(=O)[nH]2)CC1. The molecule has 1 aliphatic carbocycles. The fourth-order valence-corrected chi connectivity index (χ4v) is 2.40. The second-order valence-electron chi connectivity index (χ2n) is 5.23. The third-order valence-corrected chi connectivity index (χ3v) is 3.75. The average Bonchev–Trinajstić information content (AvgIpc) is 2.79. The molecule has 1 amide bonds. The van der Waals surface area contributed by atoms with E-state index in [-0.39, 0.29) is 18.2 Å². The molecule has 0 atom stereocenters. The Kier molecular flexibility index (Phi) is 3.56. The molecule has 0 saturated heterocycles. The van der Waals surface area contributed by atoms with E-state index in [1.54, 1.807) is 0 Å². The van der Waals surface area contributed by atoms with Crippen molar-refractivity contribution >= 4 is 5.91 Å². The summed E-state index contributed by atoms with van der Waals surface area (Å²) in [6, 6.07) is 0. The summed E-state index contributed by atoms with van der Waals surface area (Å²) >= 11 is 0. The molecule has 6 heteroatoms. The number of aromatic amines is 2. The smallest absolute Gasteiger partial charge is 0.323 e. The molecule has 0 radical (unpaired) electrons. The number of H-pyrrole nitrogens is 2. The topological polar surface area (TPSA) is 98.0 Å². The summed E-state index contributed by atoms with van der Waals surface area (Å²) in [6.07, 6.45) is 4.86. The molecule has 0 spiro atoms. The van der Waals surface area contributed by atoms with Crippen LogP contribution in [-0.4, -0.2) is 33.1 Å². The Balaban J connectivity index is 2.06. The molecule has 0 aromatic carbocycles. The second kappa shape index (κ2) is 4.97. The van der Waals surface area contributed by atoms with Crippen LogP contribution in [0.1, 0.15) is 43.1 Å². The molecule has 18 heavy (non-hydrogen) atoms. The Morgan fingerprint density at radius 1 is 1.56 bits per heavy atom. The highest BCUT2D eigenvalue weighted by Crippen LogP contribution is 2.31. The third kappa shape index (κ3) is 2.64. The molecule has 6 nitrogen and oxygen atoms in total. The molecule has 0 unspecified atom stereocenters. The molecular weight excluding hydrogens is 234 g/mol. The fourth-order valence-electron chi connectivity index (χ4n) is 2.40. The average molecular weight is 253 g/mol. The number of nitrogens with one attached hydrogen (secondary N) is 3. The number of aromatic nitrogens is 2. The van der Waals surface area contributed by atoms with Gasteiger partial charge in [-0.1, -0.05) is 6.92 Å². The van der Waals surface area contributed by atoms with Crippen LogP contribution in [-0.2, 0) is 0 Å². The van der Waals surface area contributed by atoms with Gasteiger partial charge in [0.25, 0.3) is 5.91 Å². The van der Waals surface area contributed by atoms with Gasteiger partial charge in [0.1, 0.15) is 5.69 Å². The number of aliphatic hydroxyl groups is 1.